The zero-order valence-electron chi connectivity index (χ0n) is 15.3. The fourth-order valence-electron chi connectivity index (χ4n) is 2.96. The van der Waals surface area contributed by atoms with Gasteiger partial charge < -0.3 is 4.90 Å². The number of piperazine rings is 1. The molecule has 3 rings (SSSR count). The summed E-state index contributed by atoms with van der Waals surface area (Å²) in [5, 5.41) is 3.24. The van der Waals surface area contributed by atoms with Gasteiger partial charge in [-0.1, -0.05) is 50.3 Å². The summed E-state index contributed by atoms with van der Waals surface area (Å²) in [6, 6.07) is 10.1. The number of rotatable bonds is 5. The molecule has 1 aromatic heterocycles. The van der Waals surface area contributed by atoms with Crippen LogP contribution in [-0.4, -0.2) is 56.7 Å². The molecule has 7 heteroatoms. The first kappa shape index (κ1) is 18.5. The molecular weight excluding hydrogens is 346 g/mol. The van der Waals surface area contributed by atoms with Gasteiger partial charge in [0, 0.05) is 32.1 Å². The van der Waals surface area contributed by atoms with Gasteiger partial charge in [-0.15, -0.1) is 0 Å². The van der Waals surface area contributed by atoms with Crippen LogP contribution in [0.3, 0.4) is 0 Å². The van der Waals surface area contributed by atoms with Crippen LogP contribution in [0.4, 0.5) is 0 Å². The van der Waals surface area contributed by atoms with Gasteiger partial charge in [0.15, 0.2) is 0 Å². The van der Waals surface area contributed by atoms with Crippen molar-refractivity contribution in [3.8, 4) is 0 Å². The Labute approximate surface area is 159 Å². The number of aromatic amines is 1. The van der Waals surface area contributed by atoms with Crippen molar-refractivity contribution < 1.29 is 4.79 Å². The summed E-state index contributed by atoms with van der Waals surface area (Å²) in [5.41, 5.74) is 1.12. The van der Waals surface area contributed by atoms with Gasteiger partial charge in [-0.2, -0.15) is 4.98 Å². The van der Waals surface area contributed by atoms with Gasteiger partial charge in [-0.25, -0.2) is 4.68 Å². The Balaban J connectivity index is 1.58. The highest BCUT2D eigenvalue weighted by Gasteiger charge is 2.23. The molecule has 0 spiro atoms. The normalized spacial score (nSPS) is 15.9. The monoisotopic (exact) mass is 371 g/mol. The minimum absolute atomic E-state index is 0.0572. The van der Waals surface area contributed by atoms with Crippen LogP contribution in [0.1, 0.15) is 25.2 Å². The topological polar surface area (TPSA) is 57.2 Å². The summed E-state index contributed by atoms with van der Waals surface area (Å²) in [5.74, 6) is 1.03. The first-order chi connectivity index (χ1) is 12.5. The number of carbonyl (C=O) groups is 1. The van der Waals surface area contributed by atoms with E-state index in [1.807, 2.05) is 65.9 Å². The van der Waals surface area contributed by atoms with Gasteiger partial charge in [-0.05, 0) is 23.9 Å². The highest BCUT2D eigenvalue weighted by molar-refractivity contribution is 7.71. The predicted molar refractivity (Wildman–Crippen MR) is 106 cm³/mol. The van der Waals surface area contributed by atoms with Crippen molar-refractivity contribution in [1.29, 1.82) is 0 Å². The van der Waals surface area contributed by atoms with Crippen molar-refractivity contribution in [3.05, 3.63) is 46.5 Å². The standard InChI is InChI=1S/C19H25N5OS/c1-15(2)18(25)23-12-10-22(11-13-23)14-24-19(26)20-17(21-24)9-8-16-6-4-3-5-7-16/h3-9,15H,10-14H2,1-2H3,(H,20,21,26). The molecule has 1 N–H and O–H groups in total. The first-order valence-electron chi connectivity index (χ1n) is 8.94. The average Bonchev–Trinajstić information content (AvgIpc) is 3.00. The average molecular weight is 372 g/mol. The van der Waals surface area contributed by atoms with Crippen LogP contribution in [0, 0.1) is 10.7 Å². The van der Waals surface area contributed by atoms with Crippen LogP contribution in [0.5, 0.6) is 0 Å². The number of carbonyl (C=O) groups excluding carboxylic acids is 1. The Morgan fingerprint density at radius 3 is 2.54 bits per heavy atom. The van der Waals surface area contributed by atoms with E-state index in [9.17, 15) is 4.79 Å². The molecule has 0 atom stereocenters. The lowest BCUT2D eigenvalue weighted by atomic mass is 10.1. The number of nitrogens with zero attached hydrogens (tertiary/aromatic N) is 4. The molecule has 1 aliphatic heterocycles. The minimum Gasteiger partial charge on any atom is -0.340 e. The third-order valence-electron chi connectivity index (χ3n) is 4.45. The molecule has 1 aliphatic rings. The van der Waals surface area contributed by atoms with E-state index in [4.69, 9.17) is 12.2 Å². The molecule has 1 aromatic carbocycles. The third kappa shape index (κ3) is 4.68. The van der Waals surface area contributed by atoms with Crippen molar-refractivity contribution >= 4 is 30.3 Å². The molecule has 0 saturated carbocycles. The van der Waals surface area contributed by atoms with E-state index in [-0.39, 0.29) is 11.8 Å². The van der Waals surface area contributed by atoms with E-state index in [0.29, 0.717) is 11.4 Å². The second kappa shape index (κ2) is 8.42. The minimum atomic E-state index is 0.0572. The molecule has 1 fully saturated rings. The number of aromatic nitrogens is 3. The summed E-state index contributed by atoms with van der Waals surface area (Å²) >= 11 is 5.37. The lowest BCUT2D eigenvalue weighted by Gasteiger charge is -2.35. The highest BCUT2D eigenvalue weighted by atomic mass is 32.1. The summed E-state index contributed by atoms with van der Waals surface area (Å²) in [6.07, 6.45) is 3.94. The van der Waals surface area contributed by atoms with Crippen LogP contribution in [0.15, 0.2) is 30.3 Å². The van der Waals surface area contributed by atoms with Crippen LogP contribution in [0.25, 0.3) is 12.2 Å². The van der Waals surface area contributed by atoms with E-state index in [1.165, 1.54) is 0 Å². The Kier molecular flexibility index (Phi) is 6.00. The zero-order chi connectivity index (χ0) is 18.5. The summed E-state index contributed by atoms with van der Waals surface area (Å²) in [4.78, 5) is 20.7. The van der Waals surface area contributed by atoms with Gasteiger partial charge in [-0.3, -0.25) is 14.8 Å². The van der Waals surface area contributed by atoms with E-state index in [1.54, 1.807) is 0 Å². The molecule has 2 heterocycles. The van der Waals surface area contributed by atoms with Gasteiger partial charge >= 0.3 is 0 Å². The highest BCUT2D eigenvalue weighted by Crippen LogP contribution is 2.09. The Hall–Kier alpha value is -2.25. The summed E-state index contributed by atoms with van der Waals surface area (Å²) in [6.45, 7) is 7.77. The fourth-order valence-corrected chi connectivity index (χ4v) is 3.16. The molecule has 1 amide bonds. The Morgan fingerprint density at radius 2 is 1.88 bits per heavy atom. The molecule has 6 nitrogen and oxygen atoms in total. The SMILES string of the molecule is CC(C)C(=O)N1CCN(Cn2[nH]c(C=Cc3ccccc3)nc2=S)CC1. The van der Waals surface area contributed by atoms with E-state index < -0.39 is 0 Å². The van der Waals surface area contributed by atoms with Gasteiger partial charge in [0.2, 0.25) is 10.7 Å². The molecule has 26 heavy (non-hydrogen) atoms. The van der Waals surface area contributed by atoms with E-state index in [0.717, 1.165) is 37.6 Å². The molecular formula is C19H25N5OS. The predicted octanol–water partition coefficient (Wildman–Crippen LogP) is 2.87. The van der Waals surface area contributed by atoms with Crippen molar-refractivity contribution in [2.45, 2.75) is 20.5 Å². The van der Waals surface area contributed by atoms with Gasteiger partial charge in [0.25, 0.3) is 0 Å². The summed E-state index contributed by atoms with van der Waals surface area (Å²) < 4.78 is 2.42. The number of amides is 1. The molecule has 0 aliphatic carbocycles. The number of hydrogen-bond donors (Lipinski definition) is 1. The van der Waals surface area contributed by atoms with Crippen molar-refractivity contribution in [3.63, 3.8) is 0 Å². The molecule has 0 unspecified atom stereocenters. The maximum Gasteiger partial charge on any atom is 0.225 e. The molecule has 1 saturated heterocycles. The summed E-state index contributed by atoms with van der Waals surface area (Å²) in [7, 11) is 0. The maximum atomic E-state index is 12.1. The van der Waals surface area contributed by atoms with Gasteiger partial charge in [0.05, 0.1) is 6.67 Å². The smallest absolute Gasteiger partial charge is 0.225 e. The van der Waals surface area contributed by atoms with Crippen molar-refractivity contribution in [2.75, 3.05) is 26.2 Å². The molecule has 0 bridgehead atoms. The largest absolute Gasteiger partial charge is 0.340 e. The van der Waals surface area contributed by atoms with Crippen LogP contribution < -0.4 is 0 Å². The second-order valence-corrected chi connectivity index (χ2v) is 7.17. The van der Waals surface area contributed by atoms with Crippen LogP contribution >= 0.6 is 12.2 Å². The first-order valence-corrected chi connectivity index (χ1v) is 9.35. The fraction of sp³-hybridized carbons (Fsp3) is 0.421. The van der Waals surface area contributed by atoms with Crippen LogP contribution in [-0.2, 0) is 11.5 Å². The lowest BCUT2D eigenvalue weighted by molar-refractivity contribution is -0.136. The number of hydrogen-bond acceptors (Lipinski definition) is 4. The maximum absolute atomic E-state index is 12.1. The van der Waals surface area contributed by atoms with Gasteiger partial charge in [0.1, 0.15) is 5.82 Å². The Morgan fingerprint density at radius 1 is 1.19 bits per heavy atom. The van der Waals surface area contributed by atoms with E-state index >= 15 is 0 Å². The van der Waals surface area contributed by atoms with E-state index in [2.05, 4.69) is 15.0 Å². The number of nitrogens with one attached hydrogen (secondary N) is 1. The number of benzene rings is 1. The van der Waals surface area contributed by atoms with Crippen molar-refractivity contribution in [2.24, 2.45) is 5.92 Å². The zero-order valence-corrected chi connectivity index (χ0v) is 16.1. The lowest BCUT2D eigenvalue weighted by Crippen LogP contribution is -2.50. The van der Waals surface area contributed by atoms with Crippen molar-refractivity contribution in [1.82, 2.24) is 24.6 Å². The van der Waals surface area contributed by atoms with Crippen LogP contribution in [0.2, 0.25) is 0 Å². The molecule has 138 valence electrons. The number of H-pyrrole nitrogens is 1. The molecule has 2 aromatic rings. The second-order valence-electron chi connectivity index (χ2n) is 6.80. The quantitative estimate of drug-likeness (QED) is 0.821. The third-order valence-corrected chi connectivity index (χ3v) is 4.76. The molecule has 0 radical (unpaired) electrons. The Bertz CT molecular complexity index is 816.